The summed E-state index contributed by atoms with van der Waals surface area (Å²) < 4.78 is 13.1. The molecule has 0 spiro atoms. The second kappa shape index (κ2) is 7.50. The van der Waals surface area contributed by atoms with Gasteiger partial charge in [-0.3, -0.25) is 0 Å². The highest BCUT2D eigenvalue weighted by Crippen LogP contribution is 2.17. The number of anilines is 1. The molecule has 17 heavy (non-hydrogen) atoms. The van der Waals surface area contributed by atoms with Gasteiger partial charge in [-0.05, 0) is 43.0 Å². The molecule has 0 unspecified atom stereocenters. The van der Waals surface area contributed by atoms with Crippen molar-refractivity contribution < 1.29 is 4.39 Å². The lowest BCUT2D eigenvalue weighted by Crippen LogP contribution is -2.14. The molecule has 0 saturated heterocycles. The Kier molecular flexibility index (Phi) is 6.29. The Hall–Kier alpha value is -0.810. The fourth-order valence-corrected chi connectivity index (χ4v) is 2.13. The first-order valence-corrected chi connectivity index (χ1v) is 7.27. The van der Waals surface area contributed by atoms with E-state index in [4.69, 9.17) is 18.0 Å². The van der Waals surface area contributed by atoms with Crippen LogP contribution in [0.3, 0.4) is 0 Å². The van der Waals surface area contributed by atoms with Crippen LogP contribution in [0.5, 0.6) is 0 Å². The molecule has 0 heterocycles. The molecule has 5 heteroatoms. The van der Waals surface area contributed by atoms with Crippen LogP contribution < -0.4 is 11.1 Å². The van der Waals surface area contributed by atoms with Gasteiger partial charge in [0.25, 0.3) is 0 Å². The Balaban J connectivity index is 2.55. The van der Waals surface area contributed by atoms with Crippen LogP contribution in [-0.4, -0.2) is 23.5 Å². The van der Waals surface area contributed by atoms with Gasteiger partial charge in [0, 0.05) is 17.8 Å². The third-order valence-electron chi connectivity index (χ3n) is 2.34. The Bertz CT molecular complexity index is 383. The topological polar surface area (TPSA) is 38.0 Å². The number of thioether (sulfide) groups is 1. The normalized spacial score (nSPS) is 10.2. The average molecular weight is 272 g/mol. The Labute approximate surface area is 111 Å². The number of benzene rings is 1. The van der Waals surface area contributed by atoms with Crippen molar-refractivity contribution >= 4 is 34.7 Å². The number of rotatable bonds is 7. The molecule has 0 aliphatic heterocycles. The van der Waals surface area contributed by atoms with E-state index in [9.17, 15) is 4.39 Å². The second-order valence-corrected chi connectivity index (χ2v) is 5.11. The minimum atomic E-state index is -0.319. The molecule has 0 bridgehead atoms. The minimum Gasteiger partial charge on any atom is -0.389 e. The largest absolute Gasteiger partial charge is 0.389 e. The molecule has 0 fully saturated rings. The first-order valence-electron chi connectivity index (χ1n) is 5.47. The van der Waals surface area contributed by atoms with Crippen molar-refractivity contribution in [3.8, 4) is 0 Å². The van der Waals surface area contributed by atoms with Gasteiger partial charge in [0.1, 0.15) is 10.8 Å². The summed E-state index contributed by atoms with van der Waals surface area (Å²) in [5.74, 6) is 0.841. The van der Waals surface area contributed by atoms with Crippen molar-refractivity contribution in [2.75, 3.05) is 23.9 Å². The van der Waals surface area contributed by atoms with Gasteiger partial charge in [0.15, 0.2) is 0 Å². The van der Waals surface area contributed by atoms with Crippen molar-refractivity contribution in [2.45, 2.75) is 12.8 Å². The number of thiocarbonyl (C=S) groups is 1. The van der Waals surface area contributed by atoms with Gasteiger partial charge in [0.05, 0.1) is 0 Å². The van der Waals surface area contributed by atoms with Gasteiger partial charge in [-0.15, -0.1) is 0 Å². The molecule has 1 aromatic rings. The number of hydrogen-bond acceptors (Lipinski definition) is 3. The summed E-state index contributed by atoms with van der Waals surface area (Å²) >= 11 is 6.74. The SMILES string of the molecule is CSCCCCNc1ccc(F)cc1C(N)=S. The molecule has 0 amide bonds. The maximum Gasteiger partial charge on any atom is 0.124 e. The lowest BCUT2D eigenvalue weighted by Gasteiger charge is -2.11. The van der Waals surface area contributed by atoms with Crippen molar-refractivity contribution in [3.05, 3.63) is 29.6 Å². The average Bonchev–Trinajstić information content (AvgIpc) is 2.30. The predicted octanol–water partition coefficient (Wildman–Crippen LogP) is 3.01. The van der Waals surface area contributed by atoms with Gasteiger partial charge < -0.3 is 11.1 Å². The third kappa shape index (κ3) is 4.91. The molecule has 94 valence electrons. The molecular weight excluding hydrogens is 255 g/mol. The number of hydrogen-bond donors (Lipinski definition) is 2. The van der Waals surface area contributed by atoms with Gasteiger partial charge in [-0.25, -0.2) is 4.39 Å². The van der Waals surface area contributed by atoms with Crippen molar-refractivity contribution in [2.24, 2.45) is 5.73 Å². The van der Waals surface area contributed by atoms with Crippen LogP contribution in [0.15, 0.2) is 18.2 Å². The number of nitrogens with one attached hydrogen (secondary N) is 1. The molecular formula is C12H17FN2S2. The summed E-state index contributed by atoms with van der Waals surface area (Å²) in [6.07, 6.45) is 4.34. The van der Waals surface area contributed by atoms with Crippen molar-refractivity contribution in [1.82, 2.24) is 0 Å². The predicted molar refractivity (Wildman–Crippen MR) is 78.4 cm³/mol. The summed E-state index contributed by atoms with van der Waals surface area (Å²) in [6.45, 7) is 0.849. The molecule has 0 aromatic heterocycles. The maximum absolute atomic E-state index is 13.1. The molecule has 0 atom stereocenters. The number of halogens is 1. The van der Waals surface area contributed by atoms with Crippen molar-refractivity contribution in [1.29, 1.82) is 0 Å². The van der Waals surface area contributed by atoms with Crippen LogP contribution in [0.2, 0.25) is 0 Å². The molecule has 1 rings (SSSR count). The zero-order valence-corrected chi connectivity index (χ0v) is 11.5. The van der Waals surface area contributed by atoms with Crippen LogP contribution in [0.4, 0.5) is 10.1 Å². The van der Waals surface area contributed by atoms with E-state index in [1.54, 1.807) is 6.07 Å². The summed E-state index contributed by atoms with van der Waals surface area (Å²) in [5.41, 5.74) is 6.94. The van der Waals surface area contributed by atoms with E-state index in [-0.39, 0.29) is 10.8 Å². The first kappa shape index (κ1) is 14.3. The Morgan fingerprint density at radius 3 is 2.88 bits per heavy atom. The van der Waals surface area contributed by atoms with E-state index in [0.29, 0.717) is 5.56 Å². The Morgan fingerprint density at radius 2 is 2.24 bits per heavy atom. The third-order valence-corrected chi connectivity index (χ3v) is 3.25. The second-order valence-electron chi connectivity index (χ2n) is 3.68. The molecule has 1 aromatic carbocycles. The fraction of sp³-hybridized carbons (Fsp3) is 0.417. The zero-order chi connectivity index (χ0) is 12.7. The maximum atomic E-state index is 13.1. The molecule has 0 saturated carbocycles. The number of nitrogens with two attached hydrogens (primary N) is 1. The van der Waals surface area contributed by atoms with Gasteiger partial charge in [-0.1, -0.05) is 12.2 Å². The Morgan fingerprint density at radius 1 is 1.47 bits per heavy atom. The quantitative estimate of drug-likeness (QED) is 0.591. The smallest absolute Gasteiger partial charge is 0.124 e. The van der Waals surface area contributed by atoms with E-state index in [0.717, 1.165) is 30.8 Å². The highest BCUT2D eigenvalue weighted by atomic mass is 32.2. The van der Waals surface area contributed by atoms with Crippen LogP contribution in [0, 0.1) is 5.82 Å². The van der Waals surface area contributed by atoms with Gasteiger partial charge in [-0.2, -0.15) is 11.8 Å². The van der Waals surface area contributed by atoms with Crippen LogP contribution >= 0.6 is 24.0 Å². The molecule has 0 radical (unpaired) electrons. The summed E-state index contributed by atoms with van der Waals surface area (Å²) in [5, 5.41) is 3.24. The lowest BCUT2D eigenvalue weighted by molar-refractivity contribution is 0.627. The van der Waals surface area contributed by atoms with Gasteiger partial charge in [0.2, 0.25) is 0 Å². The monoisotopic (exact) mass is 272 g/mol. The zero-order valence-electron chi connectivity index (χ0n) is 9.83. The molecule has 0 aliphatic rings. The van der Waals surface area contributed by atoms with E-state index in [2.05, 4.69) is 11.6 Å². The minimum absolute atomic E-state index is 0.219. The molecule has 2 nitrogen and oxygen atoms in total. The highest BCUT2D eigenvalue weighted by molar-refractivity contribution is 7.98. The fourth-order valence-electron chi connectivity index (χ4n) is 1.47. The van der Waals surface area contributed by atoms with E-state index in [1.165, 1.54) is 12.1 Å². The van der Waals surface area contributed by atoms with E-state index in [1.807, 2.05) is 11.8 Å². The lowest BCUT2D eigenvalue weighted by atomic mass is 10.1. The number of unbranched alkanes of at least 4 members (excludes halogenated alkanes) is 1. The standard InChI is InChI=1S/C12H17FN2S2/c1-17-7-3-2-6-15-11-5-4-9(13)8-10(11)12(14)16/h4-5,8,15H,2-3,6-7H2,1H3,(H2,14,16). The van der Waals surface area contributed by atoms with Crippen molar-refractivity contribution in [3.63, 3.8) is 0 Å². The van der Waals surface area contributed by atoms with Gasteiger partial charge >= 0.3 is 0 Å². The first-order chi connectivity index (χ1) is 8.15. The highest BCUT2D eigenvalue weighted by Gasteiger charge is 2.06. The summed E-state index contributed by atoms with van der Waals surface area (Å²) in [6, 6.07) is 4.46. The van der Waals surface area contributed by atoms with Crippen LogP contribution in [-0.2, 0) is 0 Å². The molecule has 0 aliphatic carbocycles. The van der Waals surface area contributed by atoms with Crippen LogP contribution in [0.25, 0.3) is 0 Å². The van der Waals surface area contributed by atoms with Crippen LogP contribution in [0.1, 0.15) is 18.4 Å². The van der Waals surface area contributed by atoms with E-state index < -0.39 is 0 Å². The molecule has 3 N–H and O–H groups in total. The van der Waals surface area contributed by atoms with E-state index >= 15 is 0 Å². The summed E-state index contributed by atoms with van der Waals surface area (Å²) in [7, 11) is 0. The summed E-state index contributed by atoms with van der Waals surface area (Å²) in [4.78, 5) is 0.219.